The lowest BCUT2D eigenvalue weighted by Gasteiger charge is -2.24. The molecule has 4 aromatic rings. The molecule has 5 rings (SSSR count). The highest BCUT2D eigenvalue weighted by molar-refractivity contribution is 7.07. The Labute approximate surface area is 243 Å². The molecule has 0 radical (unpaired) electrons. The molecule has 0 N–H and O–H groups in total. The van der Waals surface area contributed by atoms with Crippen molar-refractivity contribution in [2.75, 3.05) is 21.3 Å². The van der Waals surface area contributed by atoms with E-state index in [4.69, 9.17) is 18.9 Å². The second kappa shape index (κ2) is 12.0. The van der Waals surface area contributed by atoms with Crippen LogP contribution >= 0.6 is 11.3 Å². The van der Waals surface area contributed by atoms with Gasteiger partial charge in [-0.25, -0.2) is 18.6 Å². The van der Waals surface area contributed by atoms with Gasteiger partial charge < -0.3 is 18.9 Å². The molecule has 0 saturated heterocycles. The Hall–Kier alpha value is -4.77. The highest BCUT2D eigenvalue weighted by Crippen LogP contribution is 2.31. The molecule has 1 atom stereocenters. The summed E-state index contributed by atoms with van der Waals surface area (Å²) in [6, 6.07) is 14.6. The minimum atomic E-state index is -0.820. The van der Waals surface area contributed by atoms with Crippen LogP contribution in [0.3, 0.4) is 0 Å². The molecule has 0 fully saturated rings. The van der Waals surface area contributed by atoms with Gasteiger partial charge in [-0.05, 0) is 60.5 Å². The van der Waals surface area contributed by atoms with Crippen LogP contribution in [-0.4, -0.2) is 31.9 Å². The molecular weight excluding hydrogens is 566 g/mol. The predicted octanol–water partition coefficient (Wildman–Crippen LogP) is 4.28. The zero-order valence-corrected chi connectivity index (χ0v) is 24.0. The van der Waals surface area contributed by atoms with Crippen molar-refractivity contribution in [3.8, 4) is 17.2 Å². The normalized spacial score (nSPS) is 14.7. The Morgan fingerprint density at radius 1 is 1.00 bits per heavy atom. The summed E-state index contributed by atoms with van der Waals surface area (Å²) in [6.45, 7) is 1.65. The molecular formula is C31H26F2N2O6S. The Morgan fingerprint density at radius 2 is 1.74 bits per heavy atom. The van der Waals surface area contributed by atoms with Gasteiger partial charge in [0.25, 0.3) is 5.56 Å². The third-order valence-electron chi connectivity index (χ3n) is 6.74. The number of thiazole rings is 1. The summed E-state index contributed by atoms with van der Waals surface area (Å²) in [7, 11) is 4.34. The van der Waals surface area contributed by atoms with Crippen molar-refractivity contribution in [2.45, 2.75) is 19.6 Å². The summed E-state index contributed by atoms with van der Waals surface area (Å²) in [6.07, 6.45) is 1.70. The topological polar surface area (TPSA) is 88.4 Å². The lowest BCUT2D eigenvalue weighted by molar-refractivity contribution is -0.136. The third-order valence-corrected chi connectivity index (χ3v) is 7.72. The molecule has 1 aliphatic rings. The summed E-state index contributed by atoms with van der Waals surface area (Å²) in [5.74, 6) is -1.08. The first-order valence-electron chi connectivity index (χ1n) is 12.7. The van der Waals surface area contributed by atoms with Gasteiger partial charge in [-0.3, -0.25) is 9.36 Å². The van der Waals surface area contributed by atoms with Crippen LogP contribution in [0.5, 0.6) is 17.2 Å². The fraction of sp³-hybridized carbons (Fsp3) is 0.194. The average molecular weight is 593 g/mol. The number of carbonyl (C=O) groups is 1. The minimum absolute atomic E-state index is 0.0617. The summed E-state index contributed by atoms with van der Waals surface area (Å²) in [4.78, 5) is 31.7. The molecule has 11 heteroatoms. The van der Waals surface area contributed by atoms with Crippen LogP contribution in [0.15, 0.2) is 81.7 Å². The fourth-order valence-electron chi connectivity index (χ4n) is 4.69. The van der Waals surface area contributed by atoms with E-state index in [1.165, 1.54) is 36.2 Å². The van der Waals surface area contributed by atoms with E-state index < -0.39 is 23.6 Å². The fourth-order valence-corrected chi connectivity index (χ4v) is 5.74. The molecule has 3 aromatic carbocycles. The van der Waals surface area contributed by atoms with Gasteiger partial charge in [0.1, 0.15) is 23.9 Å². The van der Waals surface area contributed by atoms with Gasteiger partial charge in [0.2, 0.25) is 0 Å². The van der Waals surface area contributed by atoms with Gasteiger partial charge >= 0.3 is 5.97 Å². The smallest absolute Gasteiger partial charge is 0.338 e. The van der Waals surface area contributed by atoms with E-state index in [2.05, 4.69) is 4.99 Å². The number of carbonyl (C=O) groups excluding carboxylic acids is 1. The summed E-state index contributed by atoms with van der Waals surface area (Å²) in [5, 5.41) is 0. The second-order valence-corrected chi connectivity index (χ2v) is 10.3. The van der Waals surface area contributed by atoms with Crippen molar-refractivity contribution < 1.29 is 32.5 Å². The van der Waals surface area contributed by atoms with Crippen molar-refractivity contribution in [3.05, 3.63) is 120 Å². The SMILES string of the molecule is COC(=O)C1=C(C)N=c2s/c(=C/c3ccc(OC)c(COc4ccc(F)cc4F)c3)c(=O)n2C1c1ccc(OC)cc1. The van der Waals surface area contributed by atoms with E-state index in [0.29, 0.717) is 43.2 Å². The number of hydrogen-bond donors (Lipinski definition) is 0. The number of rotatable bonds is 8. The number of aromatic nitrogens is 1. The van der Waals surface area contributed by atoms with Crippen LogP contribution < -0.4 is 29.1 Å². The molecule has 1 aliphatic heterocycles. The maximum Gasteiger partial charge on any atom is 0.338 e. The average Bonchev–Trinajstić information content (AvgIpc) is 3.29. The number of hydrogen-bond acceptors (Lipinski definition) is 8. The number of ether oxygens (including phenoxy) is 4. The number of fused-ring (bicyclic) bond motifs is 1. The Bertz CT molecular complexity index is 1880. The molecule has 216 valence electrons. The standard InChI is InChI=1S/C31H26F2N2O6S/c1-17-27(30(37)40-4)28(19-6-9-22(38-2)10-7-19)35-29(36)26(42-31(35)34-17)14-18-5-11-24(39-3)20(13-18)16-41-25-12-8-21(32)15-23(25)33/h5-15,28H,16H2,1-4H3/b26-14+. The van der Waals surface area contributed by atoms with Gasteiger partial charge in [0.05, 0.1) is 43.2 Å². The van der Waals surface area contributed by atoms with Crippen molar-refractivity contribution in [3.63, 3.8) is 0 Å². The van der Waals surface area contributed by atoms with Crippen LogP contribution in [0.2, 0.25) is 0 Å². The highest BCUT2D eigenvalue weighted by Gasteiger charge is 2.33. The number of benzene rings is 3. The van der Waals surface area contributed by atoms with Crippen LogP contribution in [-0.2, 0) is 16.1 Å². The predicted molar refractivity (Wildman–Crippen MR) is 152 cm³/mol. The van der Waals surface area contributed by atoms with Crippen LogP contribution in [0.1, 0.15) is 29.7 Å². The van der Waals surface area contributed by atoms with E-state index in [9.17, 15) is 18.4 Å². The van der Waals surface area contributed by atoms with Gasteiger partial charge in [0.15, 0.2) is 16.4 Å². The molecule has 0 saturated carbocycles. The second-order valence-electron chi connectivity index (χ2n) is 9.28. The number of nitrogens with zero attached hydrogens (tertiary/aromatic N) is 2. The third kappa shape index (κ3) is 5.55. The van der Waals surface area contributed by atoms with Gasteiger partial charge in [-0.1, -0.05) is 29.5 Å². The molecule has 0 aliphatic carbocycles. The number of allylic oxidation sites excluding steroid dienone is 1. The van der Waals surface area contributed by atoms with Crippen molar-refractivity contribution >= 4 is 23.4 Å². The zero-order chi connectivity index (χ0) is 30.0. The number of halogens is 2. The summed E-state index contributed by atoms with van der Waals surface area (Å²) >= 11 is 1.19. The minimum Gasteiger partial charge on any atom is -0.497 e. The maximum absolute atomic E-state index is 14.1. The zero-order valence-electron chi connectivity index (χ0n) is 23.1. The molecule has 2 heterocycles. The first-order chi connectivity index (χ1) is 20.2. The Kier molecular flexibility index (Phi) is 8.21. The monoisotopic (exact) mass is 592 g/mol. The van der Waals surface area contributed by atoms with Gasteiger partial charge in [-0.2, -0.15) is 0 Å². The van der Waals surface area contributed by atoms with Crippen LogP contribution in [0.25, 0.3) is 6.08 Å². The van der Waals surface area contributed by atoms with E-state index >= 15 is 0 Å². The van der Waals surface area contributed by atoms with Crippen molar-refractivity contribution in [1.29, 1.82) is 0 Å². The number of esters is 1. The van der Waals surface area contributed by atoms with Crippen LogP contribution in [0, 0.1) is 11.6 Å². The Balaban J connectivity index is 1.57. The largest absolute Gasteiger partial charge is 0.497 e. The van der Waals surface area contributed by atoms with E-state index in [0.717, 1.165) is 12.1 Å². The van der Waals surface area contributed by atoms with E-state index in [-0.39, 0.29) is 23.5 Å². The molecule has 0 amide bonds. The number of methoxy groups -OCH3 is 3. The molecule has 1 unspecified atom stereocenters. The molecule has 1 aromatic heterocycles. The van der Waals surface area contributed by atoms with Gasteiger partial charge in [-0.15, -0.1) is 0 Å². The summed E-state index contributed by atoms with van der Waals surface area (Å²) < 4.78 is 50.6. The van der Waals surface area contributed by atoms with Crippen molar-refractivity contribution in [1.82, 2.24) is 4.57 Å². The lowest BCUT2D eigenvalue weighted by Crippen LogP contribution is -2.39. The summed E-state index contributed by atoms with van der Waals surface area (Å²) in [5.41, 5.74) is 2.31. The van der Waals surface area contributed by atoms with Crippen LogP contribution in [0.4, 0.5) is 8.78 Å². The van der Waals surface area contributed by atoms with Crippen molar-refractivity contribution in [2.24, 2.45) is 4.99 Å². The maximum atomic E-state index is 14.1. The van der Waals surface area contributed by atoms with E-state index in [1.54, 1.807) is 62.6 Å². The molecule has 42 heavy (non-hydrogen) atoms. The first-order valence-corrected chi connectivity index (χ1v) is 13.5. The molecule has 0 spiro atoms. The first kappa shape index (κ1) is 28.7. The molecule has 8 nitrogen and oxygen atoms in total. The molecule has 0 bridgehead atoms. The van der Waals surface area contributed by atoms with Gasteiger partial charge in [0, 0.05) is 11.6 Å². The quantitative estimate of drug-likeness (QED) is 0.284. The highest BCUT2D eigenvalue weighted by atomic mass is 32.1. The Morgan fingerprint density at radius 3 is 2.40 bits per heavy atom. The van der Waals surface area contributed by atoms with E-state index in [1.807, 2.05) is 0 Å². The lowest BCUT2D eigenvalue weighted by atomic mass is 9.96.